The highest BCUT2D eigenvalue weighted by molar-refractivity contribution is 5.05. The first-order valence-corrected chi connectivity index (χ1v) is 5.60. The fourth-order valence-electron chi connectivity index (χ4n) is 3.38. The molecule has 4 fully saturated rings. The maximum Gasteiger partial charge on any atom is 0.0591 e. The van der Waals surface area contributed by atoms with E-state index in [9.17, 15) is 0 Å². The van der Waals surface area contributed by atoms with E-state index >= 15 is 0 Å². The summed E-state index contributed by atoms with van der Waals surface area (Å²) in [4.78, 5) is 10.3. The highest BCUT2D eigenvalue weighted by atomic mass is 15.6. The van der Waals surface area contributed by atoms with Gasteiger partial charge in [-0.2, -0.15) is 0 Å². The zero-order valence-corrected chi connectivity index (χ0v) is 9.24. The monoisotopic (exact) mass is 196 g/mol. The van der Waals surface area contributed by atoms with E-state index in [-0.39, 0.29) is 0 Å². The fourth-order valence-corrected chi connectivity index (χ4v) is 3.38. The number of likely N-dealkylation sites (N-methyl/N-ethyl adjacent to an activating group) is 1. The third kappa shape index (κ3) is 1.15. The molecule has 4 bridgehead atoms. The Morgan fingerprint density at radius 3 is 1.79 bits per heavy atom. The smallest absolute Gasteiger partial charge is 0.0591 e. The highest BCUT2D eigenvalue weighted by Crippen LogP contribution is 2.32. The van der Waals surface area contributed by atoms with Crippen LogP contribution in [0.3, 0.4) is 0 Å². The second-order valence-electron chi connectivity index (χ2n) is 5.15. The molecule has 4 aliphatic heterocycles. The Morgan fingerprint density at radius 2 is 1.43 bits per heavy atom. The van der Waals surface area contributed by atoms with Crippen LogP contribution in [0.25, 0.3) is 0 Å². The third-order valence-electron chi connectivity index (χ3n) is 4.04. The molecule has 4 heteroatoms. The molecule has 0 saturated carbocycles. The summed E-state index contributed by atoms with van der Waals surface area (Å²) in [6.45, 7) is 10.8. The summed E-state index contributed by atoms with van der Waals surface area (Å²) in [5.74, 6) is 0. The van der Waals surface area contributed by atoms with Gasteiger partial charge in [0.1, 0.15) is 0 Å². The summed E-state index contributed by atoms with van der Waals surface area (Å²) in [6, 6.07) is 0. The van der Waals surface area contributed by atoms with Gasteiger partial charge >= 0.3 is 0 Å². The minimum Gasteiger partial charge on any atom is -0.297 e. The Labute approximate surface area is 86.0 Å². The average molecular weight is 196 g/mol. The minimum absolute atomic E-state index is 0.420. The van der Waals surface area contributed by atoms with Gasteiger partial charge < -0.3 is 0 Å². The molecule has 0 amide bonds. The third-order valence-corrected chi connectivity index (χ3v) is 4.04. The quantitative estimate of drug-likeness (QED) is 0.590. The fraction of sp³-hybridized carbons (Fsp3) is 1.00. The largest absolute Gasteiger partial charge is 0.297 e. The molecule has 14 heavy (non-hydrogen) atoms. The van der Waals surface area contributed by atoms with Crippen molar-refractivity contribution >= 4 is 0 Å². The van der Waals surface area contributed by atoms with Gasteiger partial charge in [0, 0.05) is 19.6 Å². The SMILES string of the molecule is CCN(C)C12CN3CN(CN(C3)C1)C2. The second kappa shape index (κ2) is 2.92. The molecule has 0 unspecified atom stereocenters. The number of rotatable bonds is 2. The standard InChI is InChI=1S/C10H20N4/c1-3-11(2)10-4-12-7-13(5-10)9-14(6-10)8-12/h3-9H2,1-2H3. The molecule has 0 N–H and O–H groups in total. The van der Waals surface area contributed by atoms with E-state index in [1.807, 2.05) is 0 Å². The Hall–Kier alpha value is -0.160. The average Bonchev–Trinajstić information content (AvgIpc) is 2.14. The summed E-state index contributed by atoms with van der Waals surface area (Å²) < 4.78 is 0. The molecular formula is C10H20N4. The molecule has 0 atom stereocenters. The summed E-state index contributed by atoms with van der Waals surface area (Å²) >= 11 is 0. The molecule has 4 rings (SSSR count). The van der Waals surface area contributed by atoms with Crippen molar-refractivity contribution in [2.24, 2.45) is 0 Å². The van der Waals surface area contributed by atoms with Crippen LogP contribution in [-0.4, -0.2) is 78.4 Å². The lowest BCUT2D eigenvalue weighted by molar-refractivity contribution is -0.178. The van der Waals surface area contributed by atoms with Gasteiger partial charge in [0.15, 0.2) is 0 Å². The first-order chi connectivity index (χ1) is 6.72. The zero-order valence-electron chi connectivity index (χ0n) is 9.24. The summed E-state index contributed by atoms with van der Waals surface area (Å²) in [5.41, 5.74) is 0.420. The highest BCUT2D eigenvalue weighted by Gasteiger charge is 2.50. The molecule has 4 aliphatic rings. The number of hydrogen-bond donors (Lipinski definition) is 0. The van der Waals surface area contributed by atoms with Crippen LogP contribution in [0.5, 0.6) is 0 Å². The van der Waals surface area contributed by atoms with Crippen LogP contribution in [0.2, 0.25) is 0 Å². The molecule has 80 valence electrons. The molecule has 4 nitrogen and oxygen atoms in total. The molecule has 4 heterocycles. The van der Waals surface area contributed by atoms with E-state index in [0.717, 1.165) is 6.54 Å². The van der Waals surface area contributed by atoms with Crippen LogP contribution in [0, 0.1) is 0 Å². The Kier molecular flexibility index (Phi) is 1.89. The van der Waals surface area contributed by atoms with Crippen LogP contribution in [0.1, 0.15) is 6.92 Å². The predicted molar refractivity (Wildman–Crippen MR) is 55.8 cm³/mol. The second-order valence-corrected chi connectivity index (χ2v) is 5.15. The van der Waals surface area contributed by atoms with Crippen molar-refractivity contribution in [1.29, 1.82) is 0 Å². The maximum absolute atomic E-state index is 2.57. The predicted octanol–water partition coefficient (Wildman–Crippen LogP) is -0.504. The minimum atomic E-state index is 0.420. The Balaban J connectivity index is 1.87. The zero-order chi connectivity index (χ0) is 9.76. The summed E-state index contributed by atoms with van der Waals surface area (Å²) in [6.07, 6.45) is 0. The van der Waals surface area contributed by atoms with Crippen LogP contribution >= 0.6 is 0 Å². The van der Waals surface area contributed by atoms with E-state index < -0.39 is 0 Å². The lowest BCUT2D eigenvalue weighted by atomic mass is 9.89. The number of nitrogens with zero attached hydrogens (tertiary/aromatic N) is 4. The van der Waals surface area contributed by atoms with Crippen LogP contribution in [0.15, 0.2) is 0 Å². The van der Waals surface area contributed by atoms with Gasteiger partial charge in [-0.05, 0) is 13.6 Å². The van der Waals surface area contributed by atoms with Crippen molar-refractivity contribution in [3.05, 3.63) is 0 Å². The Bertz CT molecular complexity index is 205. The van der Waals surface area contributed by atoms with Gasteiger partial charge in [0.25, 0.3) is 0 Å². The normalized spacial score (nSPS) is 50.4. The topological polar surface area (TPSA) is 13.0 Å². The van der Waals surface area contributed by atoms with Gasteiger partial charge in [-0.25, -0.2) is 0 Å². The van der Waals surface area contributed by atoms with Crippen LogP contribution in [-0.2, 0) is 0 Å². The molecule has 0 aliphatic carbocycles. The molecule has 0 radical (unpaired) electrons. The summed E-state index contributed by atoms with van der Waals surface area (Å²) in [7, 11) is 2.27. The molecular weight excluding hydrogens is 176 g/mol. The maximum atomic E-state index is 2.57. The molecule has 0 aromatic heterocycles. The van der Waals surface area contributed by atoms with Crippen molar-refractivity contribution in [3.63, 3.8) is 0 Å². The Morgan fingerprint density at radius 1 is 1.00 bits per heavy atom. The van der Waals surface area contributed by atoms with Gasteiger partial charge in [0.05, 0.1) is 25.5 Å². The van der Waals surface area contributed by atoms with Gasteiger partial charge in [0.2, 0.25) is 0 Å². The van der Waals surface area contributed by atoms with Crippen molar-refractivity contribution < 1.29 is 0 Å². The van der Waals surface area contributed by atoms with Gasteiger partial charge in [-0.1, -0.05) is 6.92 Å². The van der Waals surface area contributed by atoms with Crippen molar-refractivity contribution in [1.82, 2.24) is 19.6 Å². The molecule has 0 spiro atoms. The van der Waals surface area contributed by atoms with Gasteiger partial charge in [-0.3, -0.25) is 19.6 Å². The lowest BCUT2D eigenvalue weighted by Gasteiger charge is -2.63. The van der Waals surface area contributed by atoms with Crippen molar-refractivity contribution in [3.8, 4) is 0 Å². The van der Waals surface area contributed by atoms with Crippen LogP contribution in [0.4, 0.5) is 0 Å². The lowest BCUT2D eigenvalue weighted by Crippen LogP contribution is -2.79. The first-order valence-electron chi connectivity index (χ1n) is 5.60. The van der Waals surface area contributed by atoms with E-state index in [0.29, 0.717) is 5.54 Å². The summed E-state index contributed by atoms with van der Waals surface area (Å²) in [5, 5.41) is 0. The van der Waals surface area contributed by atoms with Crippen molar-refractivity contribution in [2.75, 3.05) is 53.2 Å². The molecule has 0 aromatic rings. The molecule has 0 aromatic carbocycles. The van der Waals surface area contributed by atoms with E-state index in [1.54, 1.807) is 0 Å². The van der Waals surface area contributed by atoms with E-state index in [4.69, 9.17) is 0 Å². The van der Waals surface area contributed by atoms with Gasteiger partial charge in [-0.15, -0.1) is 0 Å². The molecule has 4 saturated heterocycles. The first kappa shape index (κ1) is 9.09. The van der Waals surface area contributed by atoms with Crippen LogP contribution < -0.4 is 0 Å². The van der Waals surface area contributed by atoms with E-state index in [2.05, 4.69) is 33.6 Å². The van der Waals surface area contributed by atoms with Crippen molar-refractivity contribution in [2.45, 2.75) is 12.5 Å². The number of hydrogen-bond acceptors (Lipinski definition) is 4. The van der Waals surface area contributed by atoms with E-state index in [1.165, 1.54) is 39.6 Å².